The molecule has 1 spiro atoms. The minimum absolute atomic E-state index is 0.0885. The van der Waals surface area contributed by atoms with E-state index in [1.165, 1.54) is 0 Å². The summed E-state index contributed by atoms with van der Waals surface area (Å²) in [5, 5.41) is 18.8. The number of fused-ring (bicyclic) bond motifs is 2. The van der Waals surface area contributed by atoms with Gasteiger partial charge in [-0.25, -0.2) is 0 Å². The molecule has 6 rings (SSSR count). The minimum Gasteiger partial charge on any atom is -0.395 e. The van der Waals surface area contributed by atoms with E-state index in [0.717, 1.165) is 26.9 Å². The molecule has 1 amide bonds. The minimum atomic E-state index is -3.29. The van der Waals surface area contributed by atoms with Gasteiger partial charge in [0.05, 0.1) is 36.6 Å². The van der Waals surface area contributed by atoms with E-state index in [9.17, 15) is 9.90 Å². The number of hydrogen-bond donors (Lipinski definition) is 1. The molecular formula is C33H36BrFN4O3Si. The SMILES string of the molecule is C[C@H]1[C@H]([Si](C)(C)F)[C@@H](CCn2cc(C(CO)c3ccccc3)nn2)O[C@]12C(=O)N(Cc1ccccc1)c1ccc(Br)cc12. The van der Waals surface area contributed by atoms with Crippen molar-refractivity contribution >= 4 is 35.9 Å². The summed E-state index contributed by atoms with van der Waals surface area (Å²) in [6.07, 6.45) is 1.83. The third-order valence-electron chi connectivity index (χ3n) is 9.05. The highest BCUT2D eigenvalue weighted by atomic mass is 79.9. The first kappa shape index (κ1) is 29.9. The quantitative estimate of drug-likeness (QED) is 0.162. The molecule has 1 N–H and O–H groups in total. The summed E-state index contributed by atoms with van der Waals surface area (Å²) in [6, 6.07) is 25.5. The number of carbonyl (C=O) groups excluding carboxylic acids is 1. The van der Waals surface area contributed by atoms with Crippen molar-refractivity contribution in [1.29, 1.82) is 0 Å². The number of carbonyl (C=O) groups is 1. The Morgan fingerprint density at radius 1 is 1.09 bits per heavy atom. The Bertz CT molecular complexity index is 1600. The van der Waals surface area contributed by atoms with Gasteiger partial charge in [-0.1, -0.05) is 88.7 Å². The lowest BCUT2D eigenvalue weighted by Crippen LogP contribution is -2.45. The fraction of sp³-hybridized carbons (Fsp3) is 0.364. The van der Waals surface area contributed by atoms with E-state index in [1.807, 2.05) is 92.0 Å². The molecule has 1 aromatic heterocycles. The smallest absolute Gasteiger partial charge is 0.264 e. The Kier molecular flexibility index (Phi) is 8.14. The van der Waals surface area contributed by atoms with Gasteiger partial charge in [0, 0.05) is 34.2 Å². The van der Waals surface area contributed by atoms with Crippen LogP contribution in [0, 0.1) is 5.92 Å². The second kappa shape index (κ2) is 11.7. The summed E-state index contributed by atoms with van der Waals surface area (Å²) in [5.41, 5.74) is 2.56. The number of aryl methyl sites for hydroxylation is 1. The number of amides is 1. The lowest BCUT2D eigenvalue weighted by atomic mass is 9.82. The Morgan fingerprint density at radius 2 is 1.79 bits per heavy atom. The van der Waals surface area contributed by atoms with E-state index >= 15 is 4.11 Å². The number of halogens is 2. The molecule has 0 saturated carbocycles. The molecule has 5 atom stereocenters. The zero-order valence-corrected chi connectivity index (χ0v) is 27.1. The fourth-order valence-corrected chi connectivity index (χ4v) is 10.0. The maximum atomic E-state index is 16.2. The van der Waals surface area contributed by atoms with Gasteiger partial charge in [-0.3, -0.25) is 9.48 Å². The predicted molar refractivity (Wildman–Crippen MR) is 170 cm³/mol. The highest BCUT2D eigenvalue weighted by Gasteiger charge is 2.66. The van der Waals surface area contributed by atoms with Crippen LogP contribution in [0.4, 0.5) is 9.80 Å². The molecule has 3 heterocycles. The number of benzene rings is 3. The van der Waals surface area contributed by atoms with Gasteiger partial charge >= 0.3 is 0 Å². The van der Waals surface area contributed by atoms with E-state index in [1.54, 1.807) is 22.7 Å². The van der Waals surface area contributed by atoms with Gasteiger partial charge in [-0.2, -0.15) is 0 Å². The van der Waals surface area contributed by atoms with Crippen LogP contribution in [0.2, 0.25) is 18.6 Å². The molecule has 224 valence electrons. The van der Waals surface area contributed by atoms with Crippen LogP contribution in [0.3, 0.4) is 0 Å². The van der Waals surface area contributed by atoms with E-state index in [4.69, 9.17) is 4.74 Å². The highest BCUT2D eigenvalue weighted by Crippen LogP contribution is 2.60. The summed E-state index contributed by atoms with van der Waals surface area (Å²) in [7, 11) is -3.29. The van der Waals surface area contributed by atoms with E-state index in [2.05, 4.69) is 26.2 Å². The number of rotatable bonds is 9. The van der Waals surface area contributed by atoms with Crippen LogP contribution < -0.4 is 4.90 Å². The average molecular weight is 664 g/mol. The van der Waals surface area contributed by atoms with E-state index in [0.29, 0.717) is 25.2 Å². The average Bonchev–Trinajstić information content (AvgIpc) is 3.64. The lowest BCUT2D eigenvalue weighted by molar-refractivity contribution is -0.146. The molecule has 1 saturated heterocycles. The zero-order valence-electron chi connectivity index (χ0n) is 24.5. The highest BCUT2D eigenvalue weighted by molar-refractivity contribution is 9.10. The molecule has 1 fully saturated rings. The third-order valence-corrected chi connectivity index (χ3v) is 12.0. The van der Waals surface area contributed by atoms with Gasteiger partial charge in [0.25, 0.3) is 5.91 Å². The van der Waals surface area contributed by atoms with Gasteiger partial charge in [-0.05, 0) is 48.8 Å². The van der Waals surface area contributed by atoms with E-state index < -0.39 is 25.7 Å². The number of aliphatic hydroxyl groups is 1. The molecule has 0 aliphatic carbocycles. The van der Waals surface area contributed by atoms with Crippen LogP contribution in [0.5, 0.6) is 0 Å². The number of anilines is 1. The summed E-state index contributed by atoms with van der Waals surface area (Å²) in [5.74, 6) is -0.791. The molecule has 2 aliphatic heterocycles. The van der Waals surface area contributed by atoms with Crippen LogP contribution >= 0.6 is 15.9 Å². The second-order valence-electron chi connectivity index (χ2n) is 12.2. The maximum Gasteiger partial charge on any atom is 0.264 e. The first-order valence-electron chi connectivity index (χ1n) is 14.7. The predicted octanol–water partition coefficient (Wildman–Crippen LogP) is 6.58. The first-order valence-corrected chi connectivity index (χ1v) is 18.5. The Hall–Kier alpha value is -3.18. The Balaban J connectivity index is 1.30. The first-order chi connectivity index (χ1) is 20.6. The molecular weight excluding hydrogens is 627 g/mol. The lowest BCUT2D eigenvalue weighted by Gasteiger charge is -2.31. The normalized spacial score (nSPS) is 24.1. The molecule has 3 aromatic carbocycles. The summed E-state index contributed by atoms with van der Waals surface area (Å²) < 4.78 is 25.6. The summed E-state index contributed by atoms with van der Waals surface area (Å²) in [4.78, 5) is 16.3. The number of nitrogens with zero attached hydrogens (tertiary/aromatic N) is 4. The standard InChI is InChI=1S/C33H36BrFN4O3Si/c1-22-31(43(2,3)35)30(16-17-38-20-28(36-37-38)26(21-40)24-12-8-5-9-13-24)42-33(22)27-18-25(34)14-15-29(27)39(32(33)41)19-23-10-6-4-7-11-23/h4-15,18,20,22,26,30-31,40H,16-17,19,21H2,1-3H3/t22-,26?,30+,31-,33+/m0/s1. The van der Waals surface area contributed by atoms with Gasteiger partial charge < -0.3 is 18.9 Å². The van der Waals surface area contributed by atoms with Crippen molar-refractivity contribution in [2.24, 2.45) is 5.92 Å². The fourth-order valence-electron chi connectivity index (χ4n) is 7.11. The van der Waals surface area contributed by atoms with Crippen molar-refractivity contribution in [2.75, 3.05) is 11.5 Å². The summed E-state index contributed by atoms with van der Waals surface area (Å²) in [6.45, 7) is 6.17. The van der Waals surface area contributed by atoms with Crippen molar-refractivity contribution in [3.05, 3.63) is 112 Å². The van der Waals surface area contributed by atoms with Crippen LogP contribution in [0.25, 0.3) is 0 Å². The summed E-state index contributed by atoms with van der Waals surface area (Å²) >= 11 is 3.60. The topological polar surface area (TPSA) is 80.5 Å². The number of ether oxygens (including phenoxy) is 1. The second-order valence-corrected chi connectivity index (χ2v) is 16.9. The molecule has 4 aromatic rings. The molecule has 10 heteroatoms. The molecule has 1 unspecified atom stereocenters. The van der Waals surface area contributed by atoms with Crippen LogP contribution in [0.1, 0.15) is 41.6 Å². The molecule has 7 nitrogen and oxygen atoms in total. The van der Waals surface area contributed by atoms with Gasteiger partial charge in [0.1, 0.15) is 0 Å². The third kappa shape index (κ3) is 5.39. The van der Waals surface area contributed by atoms with Crippen molar-refractivity contribution in [2.45, 2.75) is 62.7 Å². The van der Waals surface area contributed by atoms with Crippen LogP contribution in [-0.4, -0.2) is 47.1 Å². The van der Waals surface area contributed by atoms with Crippen LogP contribution in [0.15, 0.2) is 89.5 Å². The zero-order chi connectivity index (χ0) is 30.4. The van der Waals surface area contributed by atoms with Crippen molar-refractivity contribution in [3.63, 3.8) is 0 Å². The monoisotopic (exact) mass is 662 g/mol. The van der Waals surface area contributed by atoms with Crippen LogP contribution in [-0.2, 0) is 28.2 Å². The van der Waals surface area contributed by atoms with Crippen molar-refractivity contribution in [1.82, 2.24) is 15.0 Å². The largest absolute Gasteiger partial charge is 0.395 e. The van der Waals surface area contributed by atoms with Gasteiger partial charge in [0.15, 0.2) is 5.60 Å². The Labute approximate surface area is 261 Å². The van der Waals surface area contributed by atoms with Gasteiger partial charge in [-0.15, -0.1) is 5.10 Å². The molecule has 0 bridgehead atoms. The van der Waals surface area contributed by atoms with Crippen molar-refractivity contribution in [3.8, 4) is 0 Å². The maximum absolute atomic E-state index is 16.2. The van der Waals surface area contributed by atoms with Gasteiger partial charge in [0.2, 0.25) is 8.41 Å². The van der Waals surface area contributed by atoms with Crippen molar-refractivity contribution < 1.29 is 18.7 Å². The molecule has 43 heavy (non-hydrogen) atoms. The number of aliphatic hydroxyl groups excluding tert-OH is 1. The molecule has 0 radical (unpaired) electrons. The number of hydrogen-bond acceptors (Lipinski definition) is 5. The van der Waals surface area contributed by atoms with E-state index in [-0.39, 0.29) is 24.3 Å². The molecule has 2 aliphatic rings. The Morgan fingerprint density at radius 3 is 2.47 bits per heavy atom. The number of aromatic nitrogens is 3.